The molecule has 1 aromatic heterocycles. The van der Waals surface area contributed by atoms with Crippen molar-refractivity contribution in [2.75, 3.05) is 17.2 Å². The van der Waals surface area contributed by atoms with Gasteiger partial charge in [-0.25, -0.2) is 9.78 Å². The van der Waals surface area contributed by atoms with Crippen molar-refractivity contribution in [2.45, 2.75) is 6.92 Å². The molecule has 0 aliphatic rings. The average molecular weight is 385 g/mol. The van der Waals surface area contributed by atoms with Crippen LogP contribution < -0.4 is 20.9 Å². The third-order valence-corrected chi connectivity index (χ3v) is 3.85. The third-order valence-electron chi connectivity index (χ3n) is 3.60. The van der Waals surface area contributed by atoms with Crippen LogP contribution in [0.5, 0.6) is 5.75 Å². The Kier molecular flexibility index (Phi) is 5.73. The number of nitrogens with zero attached hydrogens (tertiary/aromatic N) is 2. The fourth-order valence-corrected chi connectivity index (χ4v) is 2.50. The molecule has 7 nitrogen and oxygen atoms in total. The van der Waals surface area contributed by atoms with Crippen LogP contribution in [0.1, 0.15) is 6.92 Å². The highest BCUT2D eigenvalue weighted by atomic mass is 35.5. The van der Waals surface area contributed by atoms with Gasteiger partial charge in [0.05, 0.1) is 6.61 Å². The van der Waals surface area contributed by atoms with E-state index in [0.717, 1.165) is 0 Å². The number of aromatic nitrogens is 2. The van der Waals surface area contributed by atoms with Crippen LogP contribution in [0, 0.1) is 0 Å². The Morgan fingerprint density at radius 3 is 2.48 bits per heavy atom. The molecule has 0 aliphatic carbocycles. The Hall–Kier alpha value is -3.32. The van der Waals surface area contributed by atoms with Crippen LogP contribution in [0.4, 0.5) is 16.3 Å². The summed E-state index contributed by atoms with van der Waals surface area (Å²) in [6.07, 6.45) is 2.95. The first-order chi connectivity index (χ1) is 13.1. The van der Waals surface area contributed by atoms with Gasteiger partial charge in [-0.2, -0.15) is 0 Å². The van der Waals surface area contributed by atoms with E-state index < -0.39 is 11.6 Å². The molecule has 0 spiro atoms. The number of urea groups is 1. The molecule has 0 fully saturated rings. The Balaban J connectivity index is 1.73. The molecule has 2 N–H and O–H groups in total. The summed E-state index contributed by atoms with van der Waals surface area (Å²) >= 11 is 5.87. The molecule has 3 rings (SSSR count). The number of hydrogen-bond acceptors (Lipinski definition) is 4. The molecule has 3 aromatic rings. The predicted molar refractivity (Wildman–Crippen MR) is 105 cm³/mol. The lowest BCUT2D eigenvalue weighted by atomic mass is 10.3. The van der Waals surface area contributed by atoms with Crippen molar-refractivity contribution in [1.82, 2.24) is 9.55 Å². The van der Waals surface area contributed by atoms with Gasteiger partial charge in [0.15, 0.2) is 0 Å². The molecule has 138 valence electrons. The van der Waals surface area contributed by atoms with Gasteiger partial charge in [0.25, 0.3) is 5.56 Å². The molecule has 0 radical (unpaired) electrons. The van der Waals surface area contributed by atoms with Crippen LogP contribution in [0.3, 0.4) is 0 Å². The monoisotopic (exact) mass is 384 g/mol. The lowest BCUT2D eigenvalue weighted by Gasteiger charge is -2.10. The second-order valence-corrected chi connectivity index (χ2v) is 5.90. The number of benzene rings is 2. The van der Waals surface area contributed by atoms with E-state index in [9.17, 15) is 9.59 Å². The fourth-order valence-electron chi connectivity index (χ4n) is 2.37. The Morgan fingerprint density at radius 1 is 1.11 bits per heavy atom. The van der Waals surface area contributed by atoms with E-state index in [2.05, 4.69) is 15.6 Å². The fraction of sp³-hybridized carbons (Fsp3) is 0.105. The lowest BCUT2D eigenvalue weighted by molar-refractivity contribution is 0.262. The topological polar surface area (TPSA) is 85.2 Å². The Morgan fingerprint density at radius 2 is 1.81 bits per heavy atom. The van der Waals surface area contributed by atoms with Crippen LogP contribution >= 0.6 is 11.6 Å². The Bertz CT molecular complexity index is 985. The molecule has 2 aromatic carbocycles. The summed E-state index contributed by atoms with van der Waals surface area (Å²) in [7, 11) is 0. The van der Waals surface area contributed by atoms with Gasteiger partial charge in [-0.15, -0.1) is 0 Å². The predicted octanol–water partition coefficient (Wildman–Crippen LogP) is 3.93. The van der Waals surface area contributed by atoms with Crippen molar-refractivity contribution >= 4 is 29.1 Å². The number of halogens is 1. The summed E-state index contributed by atoms with van der Waals surface area (Å²) in [5, 5.41) is 5.67. The quantitative estimate of drug-likeness (QED) is 0.698. The summed E-state index contributed by atoms with van der Waals surface area (Å²) in [4.78, 5) is 28.7. The van der Waals surface area contributed by atoms with Gasteiger partial charge in [-0.05, 0) is 55.5 Å². The molecule has 27 heavy (non-hydrogen) atoms. The van der Waals surface area contributed by atoms with Gasteiger partial charge in [0.1, 0.15) is 5.75 Å². The highest BCUT2D eigenvalue weighted by Gasteiger charge is 2.10. The lowest BCUT2D eigenvalue weighted by Crippen LogP contribution is -2.28. The van der Waals surface area contributed by atoms with Crippen LogP contribution in [0.15, 0.2) is 65.7 Å². The molecule has 8 heteroatoms. The molecule has 0 unspecified atom stereocenters. The van der Waals surface area contributed by atoms with Gasteiger partial charge in [-0.1, -0.05) is 11.6 Å². The highest BCUT2D eigenvalue weighted by molar-refractivity contribution is 6.30. The summed E-state index contributed by atoms with van der Waals surface area (Å²) in [6.45, 7) is 2.45. The molecule has 0 saturated heterocycles. The second kappa shape index (κ2) is 8.37. The van der Waals surface area contributed by atoms with Gasteiger partial charge in [0, 0.05) is 28.8 Å². The van der Waals surface area contributed by atoms with E-state index in [1.807, 2.05) is 6.92 Å². The minimum atomic E-state index is -0.572. The van der Waals surface area contributed by atoms with Crippen LogP contribution in [-0.2, 0) is 0 Å². The van der Waals surface area contributed by atoms with E-state index in [-0.39, 0.29) is 5.82 Å². The van der Waals surface area contributed by atoms with Gasteiger partial charge >= 0.3 is 6.03 Å². The number of carbonyl (C=O) groups excluding carboxylic acids is 1. The molecule has 0 atom stereocenters. The van der Waals surface area contributed by atoms with Crippen LogP contribution in [0.2, 0.25) is 5.02 Å². The minimum Gasteiger partial charge on any atom is -0.494 e. The van der Waals surface area contributed by atoms with Crippen molar-refractivity contribution < 1.29 is 9.53 Å². The van der Waals surface area contributed by atoms with Crippen molar-refractivity contribution in [3.05, 3.63) is 76.3 Å². The van der Waals surface area contributed by atoms with Gasteiger partial charge in [0.2, 0.25) is 5.82 Å². The van der Waals surface area contributed by atoms with Crippen LogP contribution in [0.25, 0.3) is 5.69 Å². The molecular weight excluding hydrogens is 368 g/mol. The number of amides is 2. The number of anilines is 2. The second-order valence-electron chi connectivity index (χ2n) is 5.46. The molecule has 0 bridgehead atoms. The first kappa shape index (κ1) is 18.5. The van der Waals surface area contributed by atoms with Crippen molar-refractivity contribution in [1.29, 1.82) is 0 Å². The zero-order chi connectivity index (χ0) is 19.2. The average Bonchev–Trinajstić information content (AvgIpc) is 2.66. The van der Waals surface area contributed by atoms with Gasteiger partial charge in [-0.3, -0.25) is 14.7 Å². The molecule has 0 aliphatic heterocycles. The van der Waals surface area contributed by atoms with E-state index in [0.29, 0.717) is 28.8 Å². The minimum absolute atomic E-state index is 0.0871. The normalized spacial score (nSPS) is 10.3. The maximum absolute atomic E-state index is 12.6. The maximum Gasteiger partial charge on any atom is 0.325 e. The SMILES string of the molecule is CCOc1ccc(NC(=O)Nc2nccn(-c3ccc(Cl)cc3)c2=O)cc1. The molecule has 0 saturated carbocycles. The highest BCUT2D eigenvalue weighted by Crippen LogP contribution is 2.16. The first-order valence-electron chi connectivity index (χ1n) is 8.21. The number of rotatable bonds is 5. The van der Waals surface area contributed by atoms with Gasteiger partial charge < -0.3 is 10.1 Å². The smallest absolute Gasteiger partial charge is 0.325 e. The summed E-state index contributed by atoms with van der Waals surface area (Å²) in [6, 6.07) is 13.1. The standard InChI is InChI=1S/C19H17ClN4O3/c1-2-27-16-9-5-14(6-10-16)22-19(26)23-17-18(25)24(12-11-21-17)15-7-3-13(20)4-8-15/h3-12H,2H2,1H3,(H2,21,22,23,26). The molecule has 2 amide bonds. The zero-order valence-electron chi connectivity index (χ0n) is 14.5. The summed E-state index contributed by atoms with van der Waals surface area (Å²) in [5.74, 6) is 0.620. The largest absolute Gasteiger partial charge is 0.494 e. The molecular formula is C19H17ClN4O3. The van der Waals surface area contributed by atoms with Crippen LogP contribution in [-0.4, -0.2) is 22.2 Å². The summed E-state index contributed by atoms with van der Waals surface area (Å²) in [5.41, 5.74) is 0.716. The maximum atomic E-state index is 12.6. The number of nitrogens with one attached hydrogen (secondary N) is 2. The number of carbonyl (C=O) groups is 1. The van der Waals surface area contributed by atoms with E-state index in [1.165, 1.54) is 17.0 Å². The first-order valence-corrected chi connectivity index (χ1v) is 8.59. The number of hydrogen-bond donors (Lipinski definition) is 2. The van der Waals surface area contributed by atoms with E-state index in [4.69, 9.17) is 16.3 Å². The third kappa shape index (κ3) is 4.65. The summed E-state index contributed by atoms with van der Waals surface area (Å²) < 4.78 is 6.72. The zero-order valence-corrected chi connectivity index (χ0v) is 15.2. The van der Waals surface area contributed by atoms with E-state index in [1.54, 1.807) is 48.5 Å². The van der Waals surface area contributed by atoms with Crippen molar-refractivity contribution in [2.24, 2.45) is 0 Å². The molecule has 1 heterocycles. The van der Waals surface area contributed by atoms with E-state index >= 15 is 0 Å². The van der Waals surface area contributed by atoms with Crippen molar-refractivity contribution in [3.63, 3.8) is 0 Å². The Labute approximate surface area is 160 Å². The number of ether oxygens (including phenoxy) is 1. The van der Waals surface area contributed by atoms with Crippen molar-refractivity contribution in [3.8, 4) is 11.4 Å².